The van der Waals surface area contributed by atoms with Gasteiger partial charge >= 0.3 is 5.97 Å². The third-order valence-electron chi connectivity index (χ3n) is 4.61. The van der Waals surface area contributed by atoms with Gasteiger partial charge < -0.3 is 15.0 Å². The Bertz CT molecular complexity index is 1270. The highest BCUT2D eigenvalue weighted by atomic mass is 32.2. The van der Waals surface area contributed by atoms with Gasteiger partial charge in [0, 0.05) is 23.4 Å². The van der Waals surface area contributed by atoms with Crippen LogP contribution in [0.3, 0.4) is 0 Å². The van der Waals surface area contributed by atoms with Crippen molar-refractivity contribution in [1.82, 2.24) is 15.0 Å². The molecule has 0 atom stereocenters. The van der Waals surface area contributed by atoms with Crippen molar-refractivity contribution in [2.45, 2.75) is 32.3 Å². The number of thioether (sulfide) groups is 1. The van der Waals surface area contributed by atoms with E-state index in [9.17, 15) is 19.2 Å². The average Bonchev–Trinajstić information content (AvgIpc) is 2.75. The van der Waals surface area contributed by atoms with Crippen LogP contribution in [-0.4, -0.2) is 45.5 Å². The van der Waals surface area contributed by atoms with E-state index in [1.54, 1.807) is 31.2 Å². The molecule has 0 radical (unpaired) electrons. The van der Waals surface area contributed by atoms with Crippen molar-refractivity contribution >= 4 is 46.1 Å². The number of carbonyl (C=O) groups is 3. The zero-order valence-corrected chi connectivity index (χ0v) is 19.5. The number of rotatable bonds is 8. The Morgan fingerprint density at radius 1 is 1.15 bits per heavy atom. The van der Waals surface area contributed by atoms with Crippen LogP contribution in [0.5, 0.6) is 0 Å². The summed E-state index contributed by atoms with van der Waals surface area (Å²) in [7, 11) is 1.23. The number of benzene rings is 1. The number of amides is 1. The molecule has 0 fully saturated rings. The predicted octanol–water partition coefficient (Wildman–Crippen LogP) is 3.37. The molecule has 2 aromatic heterocycles. The number of fused-ring (bicyclic) bond motifs is 1. The number of ketones is 1. The topological polar surface area (TPSA) is 131 Å². The second-order valence-electron chi connectivity index (χ2n) is 7.81. The van der Waals surface area contributed by atoms with Crippen molar-refractivity contribution in [3.8, 4) is 0 Å². The van der Waals surface area contributed by atoms with Crippen LogP contribution in [0, 0.1) is 12.8 Å². The molecule has 0 spiro atoms. The summed E-state index contributed by atoms with van der Waals surface area (Å²) in [5.74, 6) is -0.620. The first kappa shape index (κ1) is 24.1. The van der Waals surface area contributed by atoms with E-state index in [1.807, 2.05) is 13.8 Å². The van der Waals surface area contributed by atoms with E-state index in [4.69, 9.17) is 4.74 Å². The van der Waals surface area contributed by atoms with Crippen LogP contribution in [0.4, 0.5) is 5.69 Å². The van der Waals surface area contributed by atoms with Gasteiger partial charge in [0.1, 0.15) is 0 Å². The summed E-state index contributed by atoms with van der Waals surface area (Å²) in [6.07, 6.45) is 0.420. The highest BCUT2D eigenvalue weighted by Crippen LogP contribution is 2.20. The predicted molar refractivity (Wildman–Crippen MR) is 126 cm³/mol. The molecule has 9 nitrogen and oxygen atoms in total. The third-order valence-corrected chi connectivity index (χ3v) is 5.49. The highest BCUT2D eigenvalue weighted by molar-refractivity contribution is 7.99. The maximum Gasteiger partial charge on any atom is 0.338 e. The van der Waals surface area contributed by atoms with Crippen molar-refractivity contribution in [2.24, 2.45) is 5.92 Å². The van der Waals surface area contributed by atoms with Gasteiger partial charge in [-0.3, -0.25) is 14.4 Å². The second-order valence-corrected chi connectivity index (χ2v) is 8.77. The third kappa shape index (κ3) is 6.04. The van der Waals surface area contributed by atoms with Crippen LogP contribution in [0.25, 0.3) is 11.0 Å². The summed E-state index contributed by atoms with van der Waals surface area (Å²) in [5.41, 5.74) is 1.25. The van der Waals surface area contributed by atoms with Gasteiger partial charge in [-0.1, -0.05) is 25.6 Å². The maximum absolute atomic E-state index is 12.6. The summed E-state index contributed by atoms with van der Waals surface area (Å²) in [6, 6.07) is 8.09. The summed E-state index contributed by atoms with van der Waals surface area (Å²) in [6.45, 7) is 5.61. The van der Waals surface area contributed by atoms with Crippen molar-refractivity contribution in [3.05, 3.63) is 57.5 Å². The lowest BCUT2D eigenvalue weighted by Crippen LogP contribution is -2.16. The second kappa shape index (κ2) is 10.4. The molecule has 0 saturated carbocycles. The fourth-order valence-electron chi connectivity index (χ4n) is 3.12. The maximum atomic E-state index is 12.6. The van der Waals surface area contributed by atoms with Crippen LogP contribution < -0.4 is 10.9 Å². The lowest BCUT2D eigenvalue weighted by atomic mass is 10.1. The minimum Gasteiger partial charge on any atom is -0.465 e. The average molecular weight is 469 g/mol. The molecule has 3 aromatic rings. The number of hydrogen-bond donors (Lipinski definition) is 2. The Hall–Kier alpha value is -3.53. The first-order valence-electron chi connectivity index (χ1n) is 10.2. The van der Waals surface area contributed by atoms with Crippen LogP contribution in [0.1, 0.15) is 46.7 Å². The molecule has 2 N–H and O–H groups in total. The van der Waals surface area contributed by atoms with Crippen LogP contribution in [-0.2, 0) is 9.53 Å². The SMILES string of the molecule is COC(=O)c1cc(C)nc2nc(SCC(=O)c3ccc(NC(=O)CC(C)C)cc3)[nH]c(=O)c12. The number of aromatic amines is 1. The number of aryl methyl sites for hydroxylation is 1. The number of Topliss-reactive ketones (excluding diaryl/α,β-unsaturated/α-hetero) is 1. The van der Waals surface area contributed by atoms with Crippen molar-refractivity contribution in [2.75, 3.05) is 18.2 Å². The van der Waals surface area contributed by atoms with Crippen LogP contribution >= 0.6 is 11.8 Å². The molecule has 0 aliphatic heterocycles. The summed E-state index contributed by atoms with van der Waals surface area (Å²) < 4.78 is 4.74. The van der Waals surface area contributed by atoms with Gasteiger partial charge in [-0.15, -0.1) is 0 Å². The van der Waals surface area contributed by atoms with Crippen molar-refractivity contribution in [3.63, 3.8) is 0 Å². The van der Waals surface area contributed by atoms with Crippen LogP contribution in [0.2, 0.25) is 0 Å². The molecule has 172 valence electrons. The van der Waals surface area contributed by atoms with E-state index in [0.717, 1.165) is 11.8 Å². The molecule has 0 aliphatic carbocycles. The Morgan fingerprint density at radius 2 is 1.85 bits per heavy atom. The molecule has 0 saturated heterocycles. The minimum atomic E-state index is -0.655. The van der Waals surface area contributed by atoms with Gasteiger partial charge in [0.2, 0.25) is 5.91 Å². The molecular weight excluding hydrogens is 444 g/mol. The van der Waals surface area contributed by atoms with Crippen LogP contribution in [0.15, 0.2) is 40.3 Å². The summed E-state index contributed by atoms with van der Waals surface area (Å²) in [5, 5.41) is 3.05. The number of anilines is 1. The number of carbonyl (C=O) groups excluding carboxylic acids is 3. The Labute approximate surface area is 194 Å². The molecular formula is C23H24N4O5S. The first-order valence-corrected chi connectivity index (χ1v) is 11.2. The standard InChI is InChI=1S/C23H24N4O5S/c1-12(2)9-18(29)25-15-7-5-14(6-8-15)17(28)11-33-23-26-20-19(21(30)27-23)16(22(31)32-4)10-13(3)24-20/h5-8,10,12H,9,11H2,1-4H3,(H,25,29)(H,24,26,27,30). The molecule has 10 heteroatoms. The Morgan fingerprint density at radius 3 is 2.48 bits per heavy atom. The van der Waals surface area contributed by atoms with E-state index < -0.39 is 11.5 Å². The largest absolute Gasteiger partial charge is 0.465 e. The zero-order valence-electron chi connectivity index (χ0n) is 18.7. The fourth-order valence-corrected chi connectivity index (χ4v) is 3.87. The van der Waals surface area contributed by atoms with E-state index >= 15 is 0 Å². The molecule has 3 rings (SSSR count). The quantitative estimate of drug-likeness (QED) is 0.223. The summed E-state index contributed by atoms with van der Waals surface area (Å²) >= 11 is 1.06. The molecule has 0 aliphatic rings. The summed E-state index contributed by atoms with van der Waals surface area (Å²) in [4.78, 5) is 60.2. The lowest BCUT2D eigenvalue weighted by Gasteiger charge is -2.08. The molecule has 1 aromatic carbocycles. The van der Waals surface area contributed by atoms with E-state index in [0.29, 0.717) is 23.4 Å². The van der Waals surface area contributed by atoms with Gasteiger partial charge in [-0.05, 0) is 43.2 Å². The van der Waals surface area contributed by atoms with E-state index in [2.05, 4.69) is 20.3 Å². The number of pyridine rings is 1. The van der Waals surface area contributed by atoms with Gasteiger partial charge in [-0.2, -0.15) is 0 Å². The smallest absolute Gasteiger partial charge is 0.338 e. The van der Waals surface area contributed by atoms with E-state index in [1.165, 1.54) is 13.2 Å². The number of nitrogens with one attached hydrogen (secondary N) is 2. The van der Waals surface area contributed by atoms with E-state index in [-0.39, 0.29) is 45.1 Å². The number of ether oxygens (including phenoxy) is 1. The number of esters is 1. The highest BCUT2D eigenvalue weighted by Gasteiger charge is 2.18. The van der Waals surface area contributed by atoms with Gasteiger partial charge in [0.05, 0.1) is 23.8 Å². The number of aromatic nitrogens is 3. The van der Waals surface area contributed by atoms with Crippen molar-refractivity contribution < 1.29 is 19.1 Å². The monoisotopic (exact) mass is 468 g/mol. The minimum absolute atomic E-state index is 0.0309. The van der Waals surface area contributed by atoms with Crippen molar-refractivity contribution in [1.29, 1.82) is 0 Å². The molecule has 33 heavy (non-hydrogen) atoms. The Balaban J connectivity index is 1.72. The first-order chi connectivity index (χ1) is 15.7. The Kier molecular flexibility index (Phi) is 7.59. The lowest BCUT2D eigenvalue weighted by molar-refractivity contribution is -0.116. The fraction of sp³-hybridized carbons (Fsp3) is 0.304. The molecule has 1 amide bonds. The number of methoxy groups -OCH3 is 1. The molecule has 2 heterocycles. The van der Waals surface area contributed by atoms with Gasteiger partial charge in [0.15, 0.2) is 16.6 Å². The number of H-pyrrole nitrogens is 1. The van der Waals surface area contributed by atoms with Gasteiger partial charge in [0.25, 0.3) is 5.56 Å². The van der Waals surface area contributed by atoms with Gasteiger partial charge in [-0.25, -0.2) is 14.8 Å². The molecule has 0 bridgehead atoms. The number of nitrogens with zero attached hydrogens (tertiary/aromatic N) is 2. The normalized spacial score (nSPS) is 10.9. The number of hydrogen-bond acceptors (Lipinski definition) is 8. The molecule has 0 unspecified atom stereocenters. The zero-order chi connectivity index (χ0) is 24.1.